The lowest BCUT2D eigenvalue weighted by Crippen LogP contribution is -1.98. The highest BCUT2D eigenvalue weighted by Crippen LogP contribution is 2.28. The maximum Gasteiger partial charge on any atom is 0.338 e. The molecule has 2 aromatic rings. The molecule has 0 amide bonds. The Morgan fingerprint density at radius 1 is 1.57 bits per heavy atom. The summed E-state index contributed by atoms with van der Waals surface area (Å²) in [7, 11) is 0. The van der Waals surface area contributed by atoms with Crippen molar-refractivity contribution in [2.45, 2.75) is 6.92 Å². The fraction of sp³-hybridized carbons (Fsp3) is 0.111. The van der Waals surface area contributed by atoms with Crippen molar-refractivity contribution in [1.82, 2.24) is 5.16 Å². The molecule has 1 aromatic heterocycles. The van der Waals surface area contributed by atoms with Gasteiger partial charge in [0.05, 0.1) is 21.7 Å². The molecule has 2 rings (SSSR count). The van der Waals surface area contributed by atoms with Gasteiger partial charge in [-0.05, 0) is 19.1 Å². The number of rotatable bonds is 1. The van der Waals surface area contributed by atoms with Gasteiger partial charge < -0.3 is 9.63 Å². The van der Waals surface area contributed by atoms with E-state index in [1.165, 1.54) is 6.07 Å². The van der Waals surface area contributed by atoms with Crippen molar-refractivity contribution < 1.29 is 14.4 Å². The van der Waals surface area contributed by atoms with E-state index in [4.69, 9.17) is 21.2 Å². The highest BCUT2D eigenvalue weighted by Gasteiger charge is 2.18. The number of fused-ring (bicyclic) bond motifs is 1. The van der Waals surface area contributed by atoms with Gasteiger partial charge in [-0.1, -0.05) is 16.8 Å². The molecule has 14 heavy (non-hydrogen) atoms. The molecule has 0 aliphatic carbocycles. The Kier molecular flexibility index (Phi) is 1.93. The normalized spacial score (nSPS) is 10.7. The van der Waals surface area contributed by atoms with Gasteiger partial charge in [0.1, 0.15) is 0 Å². The molecule has 1 N–H and O–H groups in total. The van der Waals surface area contributed by atoms with E-state index in [2.05, 4.69) is 5.16 Å². The number of hydrogen-bond acceptors (Lipinski definition) is 3. The van der Waals surface area contributed by atoms with Gasteiger partial charge in [0.2, 0.25) is 0 Å². The number of hydrogen-bond donors (Lipinski definition) is 1. The van der Waals surface area contributed by atoms with Crippen LogP contribution in [0.1, 0.15) is 16.1 Å². The van der Waals surface area contributed by atoms with E-state index in [1.54, 1.807) is 13.0 Å². The number of aromatic nitrogens is 1. The summed E-state index contributed by atoms with van der Waals surface area (Å²) in [5.74, 6) is -1.08. The van der Waals surface area contributed by atoms with Gasteiger partial charge in [-0.15, -0.1) is 0 Å². The summed E-state index contributed by atoms with van der Waals surface area (Å²) in [6.45, 7) is 1.68. The maximum absolute atomic E-state index is 10.9. The van der Waals surface area contributed by atoms with Crippen LogP contribution in [0.3, 0.4) is 0 Å². The van der Waals surface area contributed by atoms with Crippen LogP contribution < -0.4 is 0 Å². The molecule has 1 heterocycles. The fourth-order valence-electron chi connectivity index (χ4n) is 1.37. The monoisotopic (exact) mass is 211 g/mol. The van der Waals surface area contributed by atoms with Crippen molar-refractivity contribution in [2.24, 2.45) is 0 Å². The Balaban J connectivity index is 2.94. The Morgan fingerprint density at radius 3 is 2.93 bits per heavy atom. The van der Waals surface area contributed by atoms with Gasteiger partial charge in [0.25, 0.3) is 0 Å². The molecular formula is C9H6ClNO3. The number of nitrogens with zero attached hydrogens (tertiary/aromatic N) is 1. The van der Waals surface area contributed by atoms with Crippen LogP contribution in [0.4, 0.5) is 0 Å². The van der Waals surface area contributed by atoms with Crippen molar-refractivity contribution in [3.8, 4) is 0 Å². The molecule has 0 radical (unpaired) electrons. The van der Waals surface area contributed by atoms with Crippen LogP contribution in [0.2, 0.25) is 5.02 Å². The third-order valence-electron chi connectivity index (χ3n) is 1.97. The van der Waals surface area contributed by atoms with Gasteiger partial charge in [0, 0.05) is 0 Å². The van der Waals surface area contributed by atoms with Gasteiger partial charge in [-0.2, -0.15) is 0 Å². The average Bonchev–Trinajstić information content (AvgIpc) is 2.47. The smallest absolute Gasteiger partial charge is 0.338 e. The van der Waals surface area contributed by atoms with E-state index in [1.807, 2.05) is 0 Å². The van der Waals surface area contributed by atoms with Crippen LogP contribution in [0.15, 0.2) is 16.7 Å². The molecule has 4 nitrogen and oxygen atoms in total. The van der Waals surface area contributed by atoms with E-state index >= 15 is 0 Å². The molecule has 1 aromatic carbocycles. The van der Waals surface area contributed by atoms with Gasteiger partial charge >= 0.3 is 5.97 Å². The van der Waals surface area contributed by atoms with Crippen molar-refractivity contribution in [3.63, 3.8) is 0 Å². The number of carboxylic acid groups (broad SMARTS) is 1. The third-order valence-corrected chi connectivity index (χ3v) is 2.29. The number of carbonyl (C=O) groups is 1. The molecule has 0 aliphatic heterocycles. The highest BCUT2D eigenvalue weighted by molar-refractivity contribution is 6.35. The average molecular weight is 212 g/mol. The Morgan fingerprint density at radius 2 is 2.29 bits per heavy atom. The summed E-state index contributed by atoms with van der Waals surface area (Å²) in [5.41, 5.74) is 1.01. The zero-order valence-electron chi connectivity index (χ0n) is 7.24. The van der Waals surface area contributed by atoms with Crippen LogP contribution in [0, 0.1) is 6.92 Å². The summed E-state index contributed by atoms with van der Waals surface area (Å²) >= 11 is 5.78. The molecule has 0 saturated heterocycles. The first-order valence-electron chi connectivity index (χ1n) is 3.89. The van der Waals surface area contributed by atoms with E-state index in [-0.39, 0.29) is 10.6 Å². The van der Waals surface area contributed by atoms with Crippen LogP contribution >= 0.6 is 11.6 Å². The Hall–Kier alpha value is -1.55. The quantitative estimate of drug-likeness (QED) is 0.787. The first-order chi connectivity index (χ1) is 6.61. The minimum Gasteiger partial charge on any atom is -0.478 e. The van der Waals surface area contributed by atoms with E-state index in [0.29, 0.717) is 16.7 Å². The Labute approximate surface area is 84.1 Å². The second kappa shape index (κ2) is 2.99. The second-order valence-electron chi connectivity index (χ2n) is 2.87. The summed E-state index contributed by atoms with van der Waals surface area (Å²) < 4.78 is 4.92. The molecular weight excluding hydrogens is 206 g/mol. The zero-order chi connectivity index (χ0) is 10.3. The SMILES string of the molecule is Cc1noc2ccc(Cl)c(C(=O)O)c12. The van der Waals surface area contributed by atoms with Gasteiger partial charge in [0.15, 0.2) is 5.58 Å². The predicted molar refractivity (Wildman–Crippen MR) is 50.7 cm³/mol. The summed E-state index contributed by atoms with van der Waals surface area (Å²) in [6, 6.07) is 3.09. The van der Waals surface area contributed by atoms with Crippen molar-refractivity contribution in [3.05, 3.63) is 28.4 Å². The van der Waals surface area contributed by atoms with Gasteiger partial charge in [-0.3, -0.25) is 0 Å². The van der Waals surface area contributed by atoms with Crippen molar-refractivity contribution in [2.75, 3.05) is 0 Å². The van der Waals surface area contributed by atoms with Crippen LogP contribution in [-0.4, -0.2) is 16.2 Å². The molecule has 0 fully saturated rings. The second-order valence-corrected chi connectivity index (χ2v) is 3.28. The van der Waals surface area contributed by atoms with Gasteiger partial charge in [-0.25, -0.2) is 4.79 Å². The lowest BCUT2D eigenvalue weighted by Gasteiger charge is -1.98. The van der Waals surface area contributed by atoms with Crippen molar-refractivity contribution in [1.29, 1.82) is 0 Å². The summed E-state index contributed by atoms with van der Waals surface area (Å²) in [5, 5.41) is 13.3. The molecule has 0 bridgehead atoms. The third kappa shape index (κ3) is 1.15. The molecule has 0 atom stereocenters. The number of carboxylic acids is 1. The van der Waals surface area contributed by atoms with Crippen molar-refractivity contribution >= 4 is 28.5 Å². The maximum atomic E-state index is 10.9. The first-order valence-corrected chi connectivity index (χ1v) is 4.27. The molecule has 0 saturated carbocycles. The highest BCUT2D eigenvalue weighted by atomic mass is 35.5. The Bertz CT molecular complexity index is 518. The van der Waals surface area contributed by atoms with Crippen LogP contribution in [-0.2, 0) is 0 Å². The lowest BCUT2D eigenvalue weighted by molar-refractivity contribution is 0.0699. The van der Waals surface area contributed by atoms with E-state index in [0.717, 1.165) is 0 Å². The minimum atomic E-state index is -1.08. The zero-order valence-corrected chi connectivity index (χ0v) is 8.00. The van der Waals surface area contributed by atoms with E-state index in [9.17, 15) is 4.79 Å². The molecule has 72 valence electrons. The van der Waals surface area contributed by atoms with Crippen LogP contribution in [0.25, 0.3) is 11.0 Å². The lowest BCUT2D eigenvalue weighted by atomic mass is 10.1. The van der Waals surface area contributed by atoms with E-state index < -0.39 is 5.97 Å². The number of benzene rings is 1. The first kappa shape index (κ1) is 9.02. The predicted octanol–water partition coefficient (Wildman–Crippen LogP) is 2.49. The number of aromatic carboxylic acids is 1. The molecule has 0 unspecified atom stereocenters. The molecule has 0 aliphatic rings. The standard InChI is InChI=1S/C9H6ClNO3/c1-4-7-6(14-11-4)3-2-5(10)8(7)9(12)13/h2-3H,1H3,(H,12,13). The summed E-state index contributed by atoms with van der Waals surface area (Å²) in [6.07, 6.45) is 0. The minimum absolute atomic E-state index is 0.0444. The number of aryl methyl sites for hydroxylation is 1. The number of halogens is 1. The molecule has 5 heteroatoms. The largest absolute Gasteiger partial charge is 0.478 e. The molecule has 0 spiro atoms. The summed E-state index contributed by atoms with van der Waals surface area (Å²) in [4.78, 5) is 10.9. The topological polar surface area (TPSA) is 63.3 Å². The fourth-order valence-corrected chi connectivity index (χ4v) is 1.60. The van der Waals surface area contributed by atoms with Crippen LogP contribution in [0.5, 0.6) is 0 Å².